The van der Waals surface area contributed by atoms with Crippen LogP contribution in [0.15, 0.2) is 66.4 Å². The molecule has 0 saturated carbocycles. The number of methoxy groups -OCH3 is 1. The molecule has 43 heavy (non-hydrogen) atoms. The normalized spacial score (nSPS) is 16.6. The second-order valence-corrected chi connectivity index (χ2v) is 12.1. The molecule has 1 aliphatic heterocycles. The van der Waals surface area contributed by atoms with E-state index < -0.39 is 17.7 Å². The molecule has 0 radical (unpaired) electrons. The predicted molar refractivity (Wildman–Crippen MR) is 167 cm³/mol. The largest absolute Gasteiger partial charge is 0.505 e. The van der Waals surface area contributed by atoms with Crippen molar-refractivity contribution in [1.82, 2.24) is 14.4 Å². The molecule has 1 fully saturated rings. The number of anilines is 1. The molecule has 0 spiro atoms. The summed E-state index contributed by atoms with van der Waals surface area (Å²) in [5.41, 5.74) is 3.77. The second-order valence-electron chi connectivity index (χ2n) is 11.1. The molecular weight excluding hydrogens is 564 g/mol. The Bertz CT molecular complexity index is 1920. The number of pyridine rings is 1. The first-order valence-corrected chi connectivity index (χ1v) is 14.9. The van der Waals surface area contributed by atoms with Crippen molar-refractivity contribution in [2.45, 2.75) is 40.2 Å². The molecule has 0 bridgehead atoms. The van der Waals surface area contributed by atoms with Crippen LogP contribution < -0.4 is 14.4 Å². The maximum Gasteiger partial charge on any atom is 0.301 e. The lowest BCUT2D eigenvalue weighted by atomic mass is 9.96. The van der Waals surface area contributed by atoms with Crippen LogP contribution >= 0.6 is 11.3 Å². The van der Waals surface area contributed by atoms with Crippen molar-refractivity contribution in [1.29, 1.82) is 0 Å². The third kappa shape index (κ3) is 5.01. The Balaban J connectivity index is 1.55. The first-order valence-electron chi connectivity index (χ1n) is 14.1. The number of fused-ring (bicyclic) bond motifs is 2. The van der Waals surface area contributed by atoms with Gasteiger partial charge < -0.3 is 14.6 Å². The Morgan fingerprint density at radius 1 is 1.05 bits per heavy atom. The molecule has 10 heteroatoms. The van der Waals surface area contributed by atoms with Crippen LogP contribution in [0.5, 0.6) is 11.5 Å². The monoisotopic (exact) mass is 596 g/mol. The fourth-order valence-corrected chi connectivity index (χ4v) is 6.46. The quantitative estimate of drug-likeness (QED) is 0.122. The standard InChI is InChI=1S/C33H32N4O5S/c1-18(2)13-15-42-23-12-10-21(17-24(23)41-5)29-27(30(38)28-20(4)34-26-8-6-7-14-36(26)28)31(39)32(40)37(29)33-35-22-11-9-19(3)16-25(22)43-33/h6-12,14,16-18,29,38H,13,15H2,1-5H3/b30-27+. The number of hydrogen-bond acceptors (Lipinski definition) is 8. The number of aliphatic hydroxyl groups excluding tert-OH is 1. The van der Waals surface area contributed by atoms with E-state index in [0.717, 1.165) is 22.2 Å². The topological polar surface area (TPSA) is 106 Å². The predicted octanol–water partition coefficient (Wildman–Crippen LogP) is 6.62. The summed E-state index contributed by atoms with van der Waals surface area (Å²) in [6.45, 7) is 8.52. The molecule has 1 saturated heterocycles. The summed E-state index contributed by atoms with van der Waals surface area (Å²) in [5, 5.41) is 12.2. The van der Waals surface area contributed by atoms with Crippen LogP contribution in [0.4, 0.5) is 5.13 Å². The van der Waals surface area contributed by atoms with Crippen LogP contribution in [0.2, 0.25) is 0 Å². The zero-order chi connectivity index (χ0) is 30.4. The zero-order valence-electron chi connectivity index (χ0n) is 24.6. The summed E-state index contributed by atoms with van der Waals surface area (Å²) in [4.78, 5) is 38.3. The lowest BCUT2D eigenvalue weighted by Gasteiger charge is -2.24. The minimum absolute atomic E-state index is 0.0512. The summed E-state index contributed by atoms with van der Waals surface area (Å²) in [6.07, 6.45) is 2.64. The highest BCUT2D eigenvalue weighted by molar-refractivity contribution is 7.22. The number of nitrogens with zero attached hydrogens (tertiary/aromatic N) is 4. The smallest absolute Gasteiger partial charge is 0.301 e. The number of imidazole rings is 1. The molecule has 5 aromatic rings. The van der Waals surface area contributed by atoms with Gasteiger partial charge in [-0.25, -0.2) is 9.97 Å². The molecule has 220 valence electrons. The number of benzene rings is 2. The van der Waals surface area contributed by atoms with Gasteiger partial charge in [-0.3, -0.25) is 18.9 Å². The lowest BCUT2D eigenvalue weighted by molar-refractivity contribution is -0.132. The van der Waals surface area contributed by atoms with Crippen LogP contribution in [-0.4, -0.2) is 44.9 Å². The average Bonchev–Trinajstić information content (AvgIpc) is 3.63. The zero-order valence-corrected chi connectivity index (χ0v) is 25.4. The van der Waals surface area contributed by atoms with Gasteiger partial charge in [-0.1, -0.05) is 43.4 Å². The van der Waals surface area contributed by atoms with Gasteiger partial charge in [0.05, 0.1) is 41.2 Å². The molecule has 3 aromatic heterocycles. The minimum atomic E-state index is -0.978. The van der Waals surface area contributed by atoms with Gasteiger partial charge in [0.25, 0.3) is 5.78 Å². The molecule has 1 N–H and O–H groups in total. The first kappa shape index (κ1) is 28.4. The van der Waals surface area contributed by atoms with Gasteiger partial charge >= 0.3 is 5.91 Å². The summed E-state index contributed by atoms with van der Waals surface area (Å²) < 4.78 is 14.3. The highest BCUT2D eigenvalue weighted by atomic mass is 32.1. The SMILES string of the molecule is COc1cc(C2/C(=C(\O)c3c(C)nc4ccccn34)C(=O)C(=O)N2c2nc3ccc(C)cc3s2)ccc1OCCC(C)C. The maximum absolute atomic E-state index is 13.8. The van der Waals surface area contributed by atoms with Gasteiger partial charge in [0.2, 0.25) is 0 Å². The Labute approximate surface area is 253 Å². The number of ether oxygens (including phenoxy) is 2. The van der Waals surface area contributed by atoms with Crippen LogP contribution in [-0.2, 0) is 9.59 Å². The van der Waals surface area contributed by atoms with Crippen LogP contribution in [0, 0.1) is 19.8 Å². The summed E-state index contributed by atoms with van der Waals surface area (Å²) >= 11 is 1.32. The second kappa shape index (κ2) is 11.2. The summed E-state index contributed by atoms with van der Waals surface area (Å²) in [7, 11) is 1.54. The lowest BCUT2D eigenvalue weighted by Crippen LogP contribution is -2.29. The summed E-state index contributed by atoms with van der Waals surface area (Å²) in [5.74, 6) is -0.403. The highest BCUT2D eigenvalue weighted by Gasteiger charge is 2.49. The number of carbonyl (C=O) groups is 2. The van der Waals surface area contributed by atoms with Gasteiger partial charge in [-0.05, 0) is 73.7 Å². The number of Topliss-reactive ketones (excluding diaryl/α,β-unsaturated/α-hetero) is 1. The molecule has 2 aromatic carbocycles. The number of aryl methyl sites for hydroxylation is 2. The molecule has 9 nitrogen and oxygen atoms in total. The van der Waals surface area contributed by atoms with Gasteiger partial charge in [-0.2, -0.15) is 0 Å². The van der Waals surface area contributed by atoms with Gasteiger partial charge in [0.1, 0.15) is 11.3 Å². The van der Waals surface area contributed by atoms with E-state index in [2.05, 4.69) is 18.8 Å². The number of amides is 1. The first-order chi connectivity index (χ1) is 20.7. The Morgan fingerprint density at radius 2 is 1.86 bits per heavy atom. The van der Waals surface area contributed by atoms with E-state index in [1.165, 1.54) is 16.2 Å². The van der Waals surface area contributed by atoms with Crippen molar-refractivity contribution in [3.05, 3.63) is 88.9 Å². The van der Waals surface area contributed by atoms with Crippen LogP contribution in [0.25, 0.3) is 21.6 Å². The minimum Gasteiger partial charge on any atom is -0.505 e. The van der Waals surface area contributed by atoms with Crippen molar-refractivity contribution in [2.75, 3.05) is 18.6 Å². The molecule has 1 amide bonds. The molecule has 4 heterocycles. The van der Waals surface area contributed by atoms with E-state index in [1.807, 2.05) is 43.3 Å². The van der Waals surface area contributed by atoms with E-state index in [0.29, 0.717) is 51.8 Å². The van der Waals surface area contributed by atoms with Gasteiger partial charge in [-0.15, -0.1) is 0 Å². The molecule has 0 aliphatic carbocycles. The fourth-order valence-electron chi connectivity index (χ4n) is 5.37. The number of ketones is 1. The van der Waals surface area contributed by atoms with Crippen LogP contribution in [0.1, 0.15) is 48.8 Å². The van der Waals surface area contributed by atoms with Crippen molar-refractivity contribution >= 4 is 49.8 Å². The van der Waals surface area contributed by atoms with Gasteiger partial charge in [0.15, 0.2) is 22.4 Å². The third-order valence-electron chi connectivity index (χ3n) is 7.57. The third-order valence-corrected chi connectivity index (χ3v) is 8.59. The number of rotatable bonds is 8. The van der Waals surface area contributed by atoms with Crippen molar-refractivity contribution in [3.63, 3.8) is 0 Å². The van der Waals surface area contributed by atoms with Crippen molar-refractivity contribution in [3.8, 4) is 11.5 Å². The molecule has 6 rings (SSSR count). The molecule has 1 aliphatic rings. The van der Waals surface area contributed by atoms with E-state index >= 15 is 0 Å². The average molecular weight is 597 g/mol. The van der Waals surface area contributed by atoms with E-state index in [9.17, 15) is 14.7 Å². The number of thiazole rings is 1. The Morgan fingerprint density at radius 3 is 2.63 bits per heavy atom. The number of hydrogen-bond donors (Lipinski definition) is 1. The van der Waals surface area contributed by atoms with E-state index in [-0.39, 0.29) is 11.3 Å². The summed E-state index contributed by atoms with van der Waals surface area (Å²) in [6, 6.07) is 15.6. The van der Waals surface area contributed by atoms with Crippen molar-refractivity contribution in [2.24, 2.45) is 5.92 Å². The molecular formula is C33H32N4O5S. The molecule has 1 atom stereocenters. The highest BCUT2D eigenvalue weighted by Crippen LogP contribution is 2.46. The van der Waals surface area contributed by atoms with Crippen molar-refractivity contribution < 1.29 is 24.2 Å². The van der Waals surface area contributed by atoms with Gasteiger partial charge in [0, 0.05) is 6.20 Å². The Kier molecular flexibility index (Phi) is 7.39. The number of carbonyl (C=O) groups excluding carboxylic acids is 2. The van der Waals surface area contributed by atoms with E-state index in [1.54, 1.807) is 42.8 Å². The Hall–Kier alpha value is -4.70. The number of aliphatic hydroxyl groups is 1. The maximum atomic E-state index is 13.8. The molecule has 1 unspecified atom stereocenters. The number of aromatic nitrogens is 3. The van der Waals surface area contributed by atoms with Crippen LogP contribution in [0.3, 0.4) is 0 Å². The fraction of sp³-hybridized carbons (Fsp3) is 0.273. The van der Waals surface area contributed by atoms with E-state index in [4.69, 9.17) is 14.5 Å².